The molecule has 124 valence electrons. The molecule has 1 aromatic carbocycles. The molecule has 1 aromatic heterocycles. The van der Waals surface area contributed by atoms with Crippen molar-refractivity contribution in [3.8, 4) is 0 Å². The molecule has 2 rings (SSSR count). The van der Waals surface area contributed by atoms with Gasteiger partial charge in [-0.25, -0.2) is 0 Å². The number of benzene rings is 1. The second-order valence-corrected chi connectivity index (χ2v) is 5.86. The van der Waals surface area contributed by atoms with E-state index in [4.69, 9.17) is 4.52 Å². The van der Waals surface area contributed by atoms with E-state index in [2.05, 4.69) is 10.1 Å². The van der Waals surface area contributed by atoms with Crippen molar-refractivity contribution in [3.05, 3.63) is 47.1 Å². The molecule has 1 atom stereocenters. The molecule has 0 fully saturated rings. The quantitative estimate of drug-likeness (QED) is 0.818. The number of amides is 1. The summed E-state index contributed by atoms with van der Waals surface area (Å²) < 4.78 is 4.99. The SMILES string of the molecule is CCN(Cc1noc(C)n1)C(=O)[C@H](c1ccc(C)cc1)N(C)C. The molecular formula is C17H24N4O2. The van der Waals surface area contributed by atoms with E-state index >= 15 is 0 Å². The van der Waals surface area contributed by atoms with Crippen LogP contribution in [0, 0.1) is 13.8 Å². The Balaban J connectivity index is 2.22. The van der Waals surface area contributed by atoms with Crippen molar-refractivity contribution >= 4 is 5.91 Å². The van der Waals surface area contributed by atoms with Gasteiger partial charge in [0, 0.05) is 13.5 Å². The zero-order valence-electron chi connectivity index (χ0n) is 14.4. The van der Waals surface area contributed by atoms with Gasteiger partial charge in [0.2, 0.25) is 11.8 Å². The zero-order chi connectivity index (χ0) is 17.0. The molecule has 0 spiro atoms. The summed E-state index contributed by atoms with van der Waals surface area (Å²) in [6.07, 6.45) is 0. The zero-order valence-corrected chi connectivity index (χ0v) is 14.4. The fourth-order valence-electron chi connectivity index (χ4n) is 2.51. The lowest BCUT2D eigenvalue weighted by atomic mass is 10.0. The van der Waals surface area contributed by atoms with E-state index in [1.807, 2.05) is 57.1 Å². The van der Waals surface area contributed by atoms with Crippen LogP contribution in [0.15, 0.2) is 28.8 Å². The summed E-state index contributed by atoms with van der Waals surface area (Å²) in [6, 6.07) is 7.73. The van der Waals surface area contributed by atoms with Crippen molar-refractivity contribution in [2.45, 2.75) is 33.4 Å². The predicted octanol–water partition coefficient (Wildman–Crippen LogP) is 2.34. The molecule has 0 unspecified atom stereocenters. The molecule has 0 saturated heterocycles. The third kappa shape index (κ3) is 4.16. The number of aryl methyl sites for hydroxylation is 2. The Labute approximate surface area is 137 Å². The summed E-state index contributed by atoms with van der Waals surface area (Å²) in [6.45, 7) is 6.66. The van der Waals surface area contributed by atoms with Crippen molar-refractivity contribution in [1.82, 2.24) is 19.9 Å². The van der Waals surface area contributed by atoms with Crippen LogP contribution in [0.3, 0.4) is 0 Å². The molecule has 1 amide bonds. The van der Waals surface area contributed by atoms with Crippen molar-refractivity contribution in [2.75, 3.05) is 20.6 Å². The van der Waals surface area contributed by atoms with Crippen LogP contribution in [-0.4, -0.2) is 46.5 Å². The van der Waals surface area contributed by atoms with Crippen LogP contribution < -0.4 is 0 Å². The van der Waals surface area contributed by atoms with Crippen LogP contribution in [0.2, 0.25) is 0 Å². The molecule has 2 aromatic rings. The van der Waals surface area contributed by atoms with Gasteiger partial charge in [-0.15, -0.1) is 0 Å². The molecule has 0 radical (unpaired) electrons. The van der Waals surface area contributed by atoms with Crippen LogP contribution in [0.1, 0.15) is 35.8 Å². The van der Waals surface area contributed by atoms with Gasteiger partial charge in [0.1, 0.15) is 6.04 Å². The molecule has 0 aliphatic rings. The number of likely N-dealkylation sites (N-methyl/N-ethyl adjacent to an activating group) is 2. The smallest absolute Gasteiger partial charge is 0.244 e. The van der Waals surface area contributed by atoms with Gasteiger partial charge < -0.3 is 9.42 Å². The Morgan fingerprint density at radius 3 is 2.35 bits per heavy atom. The summed E-state index contributed by atoms with van der Waals surface area (Å²) in [5.74, 6) is 1.06. The lowest BCUT2D eigenvalue weighted by Crippen LogP contribution is -2.40. The second kappa shape index (κ2) is 7.37. The van der Waals surface area contributed by atoms with Crippen LogP contribution in [0.25, 0.3) is 0 Å². The Bertz CT molecular complexity index is 649. The maximum atomic E-state index is 13.0. The monoisotopic (exact) mass is 316 g/mol. The summed E-state index contributed by atoms with van der Waals surface area (Å²) in [4.78, 5) is 20.9. The van der Waals surface area contributed by atoms with Gasteiger partial charge in [0.15, 0.2) is 5.82 Å². The minimum Gasteiger partial charge on any atom is -0.340 e. The largest absolute Gasteiger partial charge is 0.340 e. The minimum absolute atomic E-state index is 0.0313. The van der Waals surface area contributed by atoms with Gasteiger partial charge in [-0.3, -0.25) is 9.69 Å². The van der Waals surface area contributed by atoms with Gasteiger partial charge in [-0.1, -0.05) is 35.0 Å². The summed E-state index contributed by atoms with van der Waals surface area (Å²) in [5, 5.41) is 3.88. The molecule has 0 aliphatic heterocycles. The number of hydrogen-bond donors (Lipinski definition) is 0. The van der Waals surface area contributed by atoms with Crippen molar-refractivity contribution in [1.29, 1.82) is 0 Å². The highest BCUT2D eigenvalue weighted by molar-refractivity contribution is 5.83. The molecule has 6 heteroatoms. The van der Waals surface area contributed by atoms with Gasteiger partial charge in [0.05, 0.1) is 6.54 Å². The van der Waals surface area contributed by atoms with Gasteiger partial charge >= 0.3 is 0 Å². The molecular weight excluding hydrogens is 292 g/mol. The summed E-state index contributed by atoms with van der Waals surface area (Å²) >= 11 is 0. The molecule has 0 aliphatic carbocycles. The Morgan fingerprint density at radius 2 is 1.87 bits per heavy atom. The van der Waals surface area contributed by atoms with E-state index in [9.17, 15) is 4.79 Å². The number of rotatable bonds is 6. The fourth-order valence-corrected chi connectivity index (χ4v) is 2.51. The molecule has 6 nitrogen and oxygen atoms in total. The van der Waals surface area contributed by atoms with Crippen LogP contribution in [-0.2, 0) is 11.3 Å². The third-order valence-electron chi connectivity index (χ3n) is 3.74. The standard InChI is InChI=1S/C17H24N4O2/c1-6-21(11-15-18-13(3)23-19-15)17(22)16(20(4)5)14-9-7-12(2)8-10-14/h7-10,16H,6,11H2,1-5H3/t16-/m0/s1. The number of nitrogens with zero attached hydrogens (tertiary/aromatic N) is 4. The normalized spacial score (nSPS) is 12.4. The molecule has 0 saturated carbocycles. The first-order valence-electron chi connectivity index (χ1n) is 7.73. The van der Waals surface area contributed by atoms with Crippen molar-refractivity contribution in [2.24, 2.45) is 0 Å². The van der Waals surface area contributed by atoms with Crippen molar-refractivity contribution in [3.63, 3.8) is 0 Å². The fraction of sp³-hybridized carbons (Fsp3) is 0.471. The van der Waals surface area contributed by atoms with Crippen LogP contribution in [0.5, 0.6) is 0 Å². The second-order valence-electron chi connectivity index (χ2n) is 5.86. The van der Waals surface area contributed by atoms with Gasteiger partial charge in [-0.05, 0) is 33.5 Å². The summed E-state index contributed by atoms with van der Waals surface area (Å²) in [5.41, 5.74) is 2.15. The van der Waals surface area contributed by atoms with E-state index in [0.29, 0.717) is 24.8 Å². The van der Waals surface area contributed by atoms with E-state index in [-0.39, 0.29) is 11.9 Å². The highest BCUT2D eigenvalue weighted by atomic mass is 16.5. The molecule has 1 heterocycles. The van der Waals surface area contributed by atoms with E-state index < -0.39 is 0 Å². The Kier molecular flexibility index (Phi) is 5.50. The first kappa shape index (κ1) is 17.1. The molecule has 0 N–H and O–H groups in total. The lowest BCUT2D eigenvalue weighted by molar-refractivity contribution is -0.136. The Morgan fingerprint density at radius 1 is 1.22 bits per heavy atom. The number of aromatic nitrogens is 2. The van der Waals surface area contributed by atoms with E-state index in [1.165, 1.54) is 5.56 Å². The number of carbonyl (C=O) groups excluding carboxylic acids is 1. The van der Waals surface area contributed by atoms with Crippen LogP contribution in [0.4, 0.5) is 0 Å². The predicted molar refractivity (Wildman–Crippen MR) is 87.7 cm³/mol. The number of hydrogen-bond acceptors (Lipinski definition) is 5. The maximum Gasteiger partial charge on any atom is 0.244 e. The molecule has 23 heavy (non-hydrogen) atoms. The third-order valence-corrected chi connectivity index (χ3v) is 3.74. The highest BCUT2D eigenvalue weighted by Crippen LogP contribution is 2.22. The minimum atomic E-state index is -0.330. The topological polar surface area (TPSA) is 62.5 Å². The van der Waals surface area contributed by atoms with Gasteiger partial charge in [-0.2, -0.15) is 4.98 Å². The van der Waals surface area contributed by atoms with Crippen LogP contribution >= 0.6 is 0 Å². The average Bonchev–Trinajstić information content (AvgIpc) is 2.91. The highest BCUT2D eigenvalue weighted by Gasteiger charge is 2.27. The average molecular weight is 316 g/mol. The van der Waals surface area contributed by atoms with E-state index in [1.54, 1.807) is 11.8 Å². The first-order valence-corrected chi connectivity index (χ1v) is 7.73. The summed E-state index contributed by atoms with van der Waals surface area (Å²) in [7, 11) is 3.82. The Hall–Kier alpha value is -2.21. The number of carbonyl (C=O) groups is 1. The lowest BCUT2D eigenvalue weighted by Gasteiger charge is -2.29. The van der Waals surface area contributed by atoms with Gasteiger partial charge in [0.25, 0.3) is 0 Å². The van der Waals surface area contributed by atoms with E-state index in [0.717, 1.165) is 5.56 Å². The van der Waals surface area contributed by atoms with Crippen molar-refractivity contribution < 1.29 is 9.32 Å². The first-order chi connectivity index (χ1) is 10.9. The maximum absolute atomic E-state index is 13.0. The molecule has 0 bridgehead atoms.